The number of hydrogen-bond donors (Lipinski definition) is 0. The van der Waals surface area contributed by atoms with Crippen molar-refractivity contribution >= 4 is 10.9 Å². The summed E-state index contributed by atoms with van der Waals surface area (Å²) in [5.41, 5.74) is 1.03. The van der Waals surface area contributed by atoms with Gasteiger partial charge in [0.2, 0.25) is 0 Å². The van der Waals surface area contributed by atoms with Gasteiger partial charge in [-0.2, -0.15) is 10.5 Å². The van der Waals surface area contributed by atoms with Crippen LogP contribution in [0.25, 0.3) is 10.9 Å². The maximum atomic E-state index is 9.45. The van der Waals surface area contributed by atoms with Gasteiger partial charge in [0.05, 0.1) is 5.52 Å². The van der Waals surface area contributed by atoms with Crippen molar-refractivity contribution in [3.63, 3.8) is 0 Å². The van der Waals surface area contributed by atoms with E-state index in [1.807, 2.05) is 36.4 Å². The largest absolute Gasteiger partial charge is 0.453 e. The first kappa shape index (κ1) is 12.7. The molecule has 0 saturated heterocycles. The molecule has 21 heavy (non-hydrogen) atoms. The molecule has 0 aliphatic heterocycles. The minimum absolute atomic E-state index is 0.106. The molecule has 0 aliphatic carbocycles. The predicted octanol–water partition coefficient (Wildman–Crippen LogP) is 3.77. The number of benzene rings is 2. The molecular formula is C17H9N3O. The standard InChI is InChI=1S/C17H9N3O/c18-10-14-13-8-4-5-9-15(13)20-16(11-19)17(14)21-12-6-2-1-3-7-12/h1-9H. The number of hydrogen-bond acceptors (Lipinski definition) is 4. The number of nitrogens with zero attached hydrogens (tertiary/aromatic N) is 3. The predicted molar refractivity (Wildman–Crippen MR) is 77.7 cm³/mol. The summed E-state index contributed by atoms with van der Waals surface area (Å²) >= 11 is 0. The van der Waals surface area contributed by atoms with E-state index in [9.17, 15) is 10.5 Å². The second-order valence-corrected chi connectivity index (χ2v) is 4.32. The highest BCUT2D eigenvalue weighted by molar-refractivity contribution is 5.88. The third-order valence-corrected chi connectivity index (χ3v) is 3.03. The molecule has 2 aromatic carbocycles. The molecule has 0 fully saturated rings. The van der Waals surface area contributed by atoms with Gasteiger partial charge in [0.1, 0.15) is 23.5 Å². The summed E-state index contributed by atoms with van der Waals surface area (Å²) in [7, 11) is 0. The molecule has 0 amide bonds. The molecular weight excluding hydrogens is 262 g/mol. The highest BCUT2D eigenvalue weighted by atomic mass is 16.5. The minimum atomic E-state index is 0.106. The number of ether oxygens (including phenoxy) is 1. The summed E-state index contributed by atoms with van der Waals surface area (Å²) in [5.74, 6) is 0.757. The lowest BCUT2D eigenvalue weighted by Crippen LogP contribution is -1.97. The summed E-state index contributed by atoms with van der Waals surface area (Å²) in [6.45, 7) is 0. The first-order chi connectivity index (χ1) is 10.3. The van der Waals surface area contributed by atoms with Crippen molar-refractivity contribution in [3.8, 4) is 23.6 Å². The summed E-state index contributed by atoms with van der Waals surface area (Å²) in [4.78, 5) is 4.26. The van der Waals surface area contributed by atoms with E-state index in [2.05, 4.69) is 11.1 Å². The van der Waals surface area contributed by atoms with Crippen molar-refractivity contribution in [2.24, 2.45) is 0 Å². The van der Waals surface area contributed by atoms with Crippen LogP contribution in [0.15, 0.2) is 54.6 Å². The van der Waals surface area contributed by atoms with E-state index in [4.69, 9.17) is 4.74 Å². The first-order valence-corrected chi connectivity index (χ1v) is 6.29. The molecule has 0 radical (unpaired) electrons. The molecule has 4 heteroatoms. The third-order valence-electron chi connectivity index (χ3n) is 3.03. The Hall–Kier alpha value is -3.37. The second kappa shape index (κ2) is 5.32. The maximum absolute atomic E-state index is 9.45. The van der Waals surface area contributed by atoms with Crippen molar-refractivity contribution in [1.82, 2.24) is 4.98 Å². The molecule has 0 bridgehead atoms. The van der Waals surface area contributed by atoms with Crippen molar-refractivity contribution < 1.29 is 4.74 Å². The summed E-state index contributed by atoms with van der Waals surface area (Å²) in [5, 5.41) is 19.4. The van der Waals surface area contributed by atoms with E-state index in [0.29, 0.717) is 22.2 Å². The molecule has 4 nitrogen and oxygen atoms in total. The van der Waals surface area contributed by atoms with E-state index in [-0.39, 0.29) is 11.4 Å². The van der Waals surface area contributed by atoms with Crippen molar-refractivity contribution in [3.05, 3.63) is 65.9 Å². The lowest BCUT2D eigenvalue weighted by molar-refractivity contribution is 0.478. The number of aromatic nitrogens is 1. The molecule has 0 unspecified atom stereocenters. The molecule has 1 aromatic heterocycles. The molecule has 98 valence electrons. The smallest absolute Gasteiger partial charge is 0.185 e. The summed E-state index contributed by atoms with van der Waals surface area (Å²) in [6.07, 6.45) is 0. The molecule has 0 spiro atoms. The van der Waals surface area contributed by atoms with Crippen molar-refractivity contribution in [2.75, 3.05) is 0 Å². The van der Waals surface area contributed by atoms with Crippen molar-refractivity contribution in [1.29, 1.82) is 10.5 Å². The zero-order valence-electron chi connectivity index (χ0n) is 10.9. The van der Waals surface area contributed by atoms with Crippen LogP contribution in [-0.2, 0) is 0 Å². The van der Waals surface area contributed by atoms with Crippen LogP contribution in [0.5, 0.6) is 11.5 Å². The van der Waals surface area contributed by atoms with E-state index < -0.39 is 0 Å². The van der Waals surface area contributed by atoms with Gasteiger partial charge in [0.25, 0.3) is 0 Å². The van der Waals surface area contributed by atoms with Crippen LogP contribution in [0.4, 0.5) is 0 Å². The van der Waals surface area contributed by atoms with Crippen LogP contribution < -0.4 is 4.74 Å². The van der Waals surface area contributed by atoms with Crippen LogP contribution in [0.2, 0.25) is 0 Å². The highest BCUT2D eigenvalue weighted by Gasteiger charge is 2.16. The zero-order valence-corrected chi connectivity index (χ0v) is 10.9. The quantitative estimate of drug-likeness (QED) is 0.711. The van der Waals surface area contributed by atoms with Gasteiger partial charge in [-0.15, -0.1) is 0 Å². The summed E-state index contributed by atoms with van der Waals surface area (Å²) < 4.78 is 5.72. The minimum Gasteiger partial charge on any atom is -0.453 e. The van der Waals surface area contributed by atoms with Gasteiger partial charge < -0.3 is 4.74 Å². The van der Waals surface area contributed by atoms with Crippen LogP contribution in [-0.4, -0.2) is 4.98 Å². The van der Waals surface area contributed by atoms with Gasteiger partial charge in [-0.25, -0.2) is 4.98 Å². The van der Waals surface area contributed by atoms with Crippen molar-refractivity contribution in [2.45, 2.75) is 0 Å². The second-order valence-electron chi connectivity index (χ2n) is 4.32. The topological polar surface area (TPSA) is 69.7 Å². The molecule has 3 rings (SSSR count). The van der Waals surface area contributed by atoms with E-state index in [0.717, 1.165) is 0 Å². The Morgan fingerprint density at radius 1 is 0.857 bits per heavy atom. The molecule has 0 N–H and O–H groups in total. The monoisotopic (exact) mass is 271 g/mol. The molecule has 0 aliphatic rings. The Labute approximate surface area is 121 Å². The lowest BCUT2D eigenvalue weighted by Gasteiger charge is -2.10. The average molecular weight is 271 g/mol. The lowest BCUT2D eigenvalue weighted by atomic mass is 10.1. The Kier molecular flexibility index (Phi) is 3.21. The molecule has 3 aromatic rings. The van der Waals surface area contributed by atoms with Gasteiger partial charge in [0, 0.05) is 5.39 Å². The van der Waals surface area contributed by atoms with Crippen LogP contribution in [0.1, 0.15) is 11.3 Å². The summed E-state index contributed by atoms with van der Waals surface area (Å²) in [6, 6.07) is 20.3. The Morgan fingerprint density at radius 3 is 2.29 bits per heavy atom. The number of para-hydroxylation sites is 2. The van der Waals surface area contributed by atoms with Gasteiger partial charge >= 0.3 is 0 Å². The number of nitriles is 2. The van der Waals surface area contributed by atoms with E-state index in [1.54, 1.807) is 24.3 Å². The third kappa shape index (κ3) is 2.27. The van der Waals surface area contributed by atoms with Crippen LogP contribution >= 0.6 is 0 Å². The Morgan fingerprint density at radius 2 is 1.57 bits per heavy atom. The zero-order chi connectivity index (χ0) is 14.7. The normalized spacial score (nSPS) is 9.81. The Balaban J connectivity index is 2.26. The van der Waals surface area contributed by atoms with Crippen LogP contribution in [0.3, 0.4) is 0 Å². The molecule has 1 heterocycles. The van der Waals surface area contributed by atoms with Gasteiger partial charge in [0.15, 0.2) is 11.4 Å². The van der Waals surface area contributed by atoms with Gasteiger partial charge in [-0.1, -0.05) is 36.4 Å². The van der Waals surface area contributed by atoms with E-state index in [1.165, 1.54) is 0 Å². The number of fused-ring (bicyclic) bond motifs is 1. The van der Waals surface area contributed by atoms with E-state index >= 15 is 0 Å². The Bertz CT molecular complexity index is 890. The maximum Gasteiger partial charge on any atom is 0.185 e. The fraction of sp³-hybridized carbons (Fsp3) is 0. The number of pyridine rings is 1. The van der Waals surface area contributed by atoms with Crippen LogP contribution in [0, 0.1) is 22.7 Å². The molecule has 0 atom stereocenters. The first-order valence-electron chi connectivity index (χ1n) is 6.29. The van der Waals surface area contributed by atoms with Gasteiger partial charge in [-0.05, 0) is 18.2 Å². The average Bonchev–Trinajstić information content (AvgIpc) is 2.55. The SMILES string of the molecule is N#Cc1nc2ccccc2c(C#N)c1Oc1ccccc1. The fourth-order valence-corrected chi connectivity index (χ4v) is 2.09. The fourth-order valence-electron chi connectivity index (χ4n) is 2.09. The number of rotatable bonds is 2. The highest BCUT2D eigenvalue weighted by Crippen LogP contribution is 2.32. The van der Waals surface area contributed by atoms with Gasteiger partial charge in [-0.3, -0.25) is 0 Å². The molecule has 0 saturated carbocycles.